The van der Waals surface area contributed by atoms with E-state index in [4.69, 9.17) is 0 Å². The van der Waals surface area contributed by atoms with Crippen molar-refractivity contribution in [3.8, 4) is 0 Å². The third kappa shape index (κ3) is 0.525. The Morgan fingerprint density at radius 2 is 1.67 bits per heavy atom. The molecule has 0 aromatic heterocycles. The molecule has 0 bridgehead atoms. The maximum atomic E-state index is 10.5. The summed E-state index contributed by atoms with van der Waals surface area (Å²) in [5, 5.41) is 0. The average molecular weight is 126 g/mol. The van der Waals surface area contributed by atoms with Gasteiger partial charge in [-0.05, 0) is 11.3 Å². The maximum Gasteiger partial charge on any atom is 0.126 e. The molecule has 1 rings (SSSR count). The molecule has 0 radical (unpaired) electrons. The van der Waals surface area contributed by atoms with E-state index in [-0.39, 0.29) is 10.8 Å². The molecule has 52 valence electrons. The average Bonchev–Trinajstić information content (AvgIpc) is 2.16. The van der Waals surface area contributed by atoms with Crippen molar-refractivity contribution in [3.63, 3.8) is 0 Å². The Kier molecular flexibility index (Phi) is 1.05. The highest BCUT2D eigenvalue weighted by Crippen LogP contribution is 2.66. The van der Waals surface area contributed by atoms with Crippen molar-refractivity contribution in [1.29, 1.82) is 0 Å². The van der Waals surface area contributed by atoms with Crippen LogP contribution in [0, 0.1) is 16.7 Å². The first kappa shape index (κ1) is 6.79. The number of carbonyl (C=O) groups excluding carboxylic acids is 1. The quantitative estimate of drug-likeness (QED) is 0.490. The van der Waals surface area contributed by atoms with Crippen LogP contribution in [0.1, 0.15) is 27.7 Å². The van der Waals surface area contributed by atoms with Gasteiger partial charge in [0.2, 0.25) is 0 Å². The van der Waals surface area contributed by atoms with E-state index in [1.165, 1.54) is 0 Å². The lowest BCUT2D eigenvalue weighted by Gasteiger charge is -2.02. The van der Waals surface area contributed by atoms with Crippen molar-refractivity contribution in [1.82, 2.24) is 0 Å². The van der Waals surface area contributed by atoms with Gasteiger partial charge in [0.1, 0.15) is 6.29 Å². The van der Waals surface area contributed by atoms with Crippen molar-refractivity contribution in [2.45, 2.75) is 27.7 Å². The lowest BCUT2D eigenvalue weighted by atomic mass is 10.0. The molecule has 0 saturated heterocycles. The summed E-state index contributed by atoms with van der Waals surface area (Å²) in [6, 6.07) is 0. The molecule has 1 saturated carbocycles. The van der Waals surface area contributed by atoms with Gasteiger partial charge in [0.05, 0.1) is 0 Å². The number of hydrogen-bond donors (Lipinski definition) is 0. The monoisotopic (exact) mass is 126 g/mol. The Morgan fingerprint density at radius 1 is 1.33 bits per heavy atom. The molecule has 0 N–H and O–H groups in total. The van der Waals surface area contributed by atoms with Crippen molar-refractivity contribution in [2.75, 3.05) is 0 Å². The number of aldehydes is 1. The second kappa shape index (κ2) is 1.39. The Labute approximate surface area is 56.4 Å². The summed E-state index contributed by atoms with van der Waals surface area (Å²) in [7, 11) is 0. The summed E-state index contributed by atoms with van der Waals surface area (Å²) in [4.78, 5) is 10.5. The molecular formula is C8H14O. The third-order valence-electron chi connectivity index (χ3n) is 3.53. The van der Waals surface area contributed by atoms with E-state index in [0.29, 0.717) is 5.92 Å². The van der Waals surface area contributed by atoms with Crippen LogP contribution in [0.4, 0.5) is 0 Å². The third-order valence-corrected chi connectivity index (χ3v) is 3.53. The van der Waals surface area contributed by atoms with Crippen LogP contribution in [0.2, 0.25) is 0 Å². The second-order valence-electron chi connectivity index (χ2n) is 3.84. The van der Waals surface area contributed by atoms with Gasteiger partial charge in [-0.25, -0.2) is 0 Å². The predicted molar refractivity (Wildman–Crippen MR) is 37.1 cm³/mol. The molecule has 1 heteroatoms. The first-order valence-electron chi connectivity index (χ1n) is 3.43. The van der Waals surface area contributed by atoms with Gasteiger partial charge in [0.25, 0.3) is 0 Å². The van der Waals surface area contributed by atoms with Gasteiger partial charge in [-0.2, -0.15) is 0 Å². The number of rotatable bonds is 1. The summed E-state index contributed by atoms with van der Waals surface area (Å²) in [5.41, 5.74) is 0.210. The van der Waals surface area contributed by atoms with E-state index in [9.17, 15) is 4.79 Å². The van der Waals surface area contributed by atoms with Gasteiger partial charge >= 0.3 is 0 Å². The zero-order chi connectivity index (χ0) is 7.28. The normalized spacial score (nSPS) is 46.4. The molecule has 0 amide bonds. The summed E-state index contributed by atoms with van der Waals surface area (Å²) in [6.07, 6.45) is 1.09. The van der Waals surface area contributed by atoms with Crippen LogP contribution in [0.5, 0.6) is 0 Å². The first-order chi connectivity index (χ1) is 3.97. The highest BCUT2D eigenvalue weighted by atomic mass is 16.1. The molecule has 2 atom stereocenters. The van der Waals surface area contributed by atoms with Crippen LogP contribution in [0.25, 0.3) is 0 Å². The fraction of sp³-hybridized carbons (Fsp3) is 0.875. The second-order valence-corrected chi connectivity index (χ2v) is 3.84. The molecule has 9 heavy (non-hydrogen) atoms. The van der Waals surface area contributed by atoms with E-state index < -0.39 is 0 Å². The van der Waals surface area contributed by atoms with E-state index >= 15 is 0 Å². The van der Waals surface area contributed by atoms with Gasteiger partial charge in [0.15, 0.2) is 0 Å². The fourth-order valence-electron chi connectivity index (χ4n) is 1.57. The minimum Gasteiger partial charge on any atom is -0.303 e. The van der Waals surface area contributed by atoms with Crippen molar-refractivity contribution in [3.05, 3.63) is 0 Å². The van der Waals surface area contributed by atoms with Crippen molar-refractivity contribution in [2.24, 2.45) is 16.7 Å². The zero-order valence-corrected chi connectivity index (χ0v) is 6.56. The Morgan fingerprint density at radius 3 is 1.67 bits per heavy atom. The Bertz CT molecular complexity index is 149. The molecule has 0 aromatic rings. The van der Waals surface area contributed by atoms with Gasteiger partial charge < -0.3 is 4.79 Å². The molecule has 1 fully saturated rings. The largest absolute Gasteiger partial charge is 0.303 e. The molecule has 0 aromatic carbocycles. The van der Waals surface area contributed by atoms with Crippen molar-refractivity contribution < 1.29 is 4.79 Å². The SMILES string of the molecule is CC1C(C)(C)C1(C)C=O. The fourth-order valence-corrected chi connectivity index (χ4v) is 1.57. The topological polar surface area (TPSA) is 17.1 Å². The smallest absolute Gasteiger partial charge is 0.126 e. The number of hydrogen-bond acceptors (Lipinski definition) is 1. The van der Waals surface area contributed by atoms with Gasteiger partial charge in [0, 0.05) is 5.41 Å². The van der Waals surface area contributed by atoms with Crippen LogP contribution < -0.4 is 0 Å². The molecule has 0 spiro atoms. The summed E-state index contributed by atoms with van der Waals surface area (Å²) >= 11 is 0. The summed E-state index contributed by atoms with van der Waals surface area (Å²) < 4.78 is 0. The van der Waals surface area contributed by atoms with E-state index in [1.807, 2.05) is 6.92 Å². The zero-order valence-electron chi connectivity index (χ0n) is 6.56. The van der Waals surface area contributed by atoms with Crippen LogP contribution in [-0.4, -0.2) is 6.29 Å². The van der Waals surface area contributed by atoms with Crippen LogP contribution in [0.3, 0.4) is 0 Å². The molecular weight excluding hydrogens is 112 g/mol. The highest BCUT2D eigenvalue weighted by Gasteiger charge is 2.65. The minimum atomic E-state index is -0.0347. The molecule has 2 unspecified atom stereocenters. The first-order valence-corrected chi connectivity index (χ1v) is 3.43. The van der Waals surface area contributed by atoms with Crippen LogP contribution in [-0.2, 0) is 4.79 Å². The molecule has 0 heterocycles. The molecule has 1 nitrogen and oxygen atoms in total. The van der Waals surface area contributed by atoms with E-state index in [2.05, 4.69) is 20.8 Å². The van der Waals surface area contributed by atoms with Gasteiger partial charge in [-0.15, -0.1) is 0 Å². The Hall–Kier alpha value is -0.330. The summed E-state index contributed by atoms with van der Waals surface area (Å²) in [5.74, 6) is 0.558. The summed E-state index contributed by atoms with van der Waals surface area (Å²) in [6.45, 7) is 8.46. The van der Waals surface area contributed by atoms with E-state index in [0.717, 1.165) is 6.29 Å². The predicted octanol–water partition coefficient (Wildman–Crippen LogP) is 1.87. The van der Waals surface area contributed by atoms with E-state index in [1.54, 1.807) is 0 Å². The molecule has 0 aliphatic heterocycles. The van der Waals surface area contributed by atoms with Crippen LogP contribution in [0.15, 0.2) is 0 Å². The van der Waals surface area contributed by atoms with Crippen molar-refractivity contribution >= 4 is 6.29 Å². The van der Waals surface area contributed by atoms with Gasteiger partial charge in [-0.1, -0.05) is 27.7 Å². The van der Waals surface area contributed by atoms with Crippen LogP contribution >= 0.6 is 0 Å². The number of carbonyl (C=O) groups is 1. The molecule has 1 aliphatic carbocycles. The standard InChI is InChI=1S/C8H14O/c1-6-7(2,3)8(6,4)5-9/h5-6H,1-4H3. The maximum absolute atomic E-state index is 10.5. The lowest BCUT2D eigenvalue weighted by Crippen LogP contribution is -2.04. The highest BCUT2D eigenvalue weighted by molar-refractivity contribution is 5.66. The molecule has 1 aliphatic rings. The Balaban J connectivity index is 2.81. The van der Waals surface area contributed by atoms with Gasteiger partial charge in [-0.3, -0.25) is 0 Å². The minimum absolute atomic E-state index is 0.0347. The lowest BCUT2D eigenvalue weighted by molar-refractivity contribution is -0.112.